The Kier molecular flexibility index (Phi) is 5.81. The van der Waals surface area contributed by atoms with Crippen LogP contribution in [0.4, 0.5) is 5.95 Å². The SMILES string of the molecule is CCn1c(NC(=O)C2CCN(S(=O)(=O)c3ccc(Cl)cc3)CC2)nc2ccccc21. The average Bonchev–Trinajstić information content (AvgIpc) is 3.11. The number of piperidine rings is 1. The van der Waals surface area contributed by atoms with Gasteiger partial charge in [-0.2, -0.15) is 4.31 Å². The number of aryl methyl sites for hydroxylation is 1. The number of carbonyl (C=O) groups is 1. The molecule has 30 heavy (non-hydrogen) atoms. The number of imidazole rings is 1. The minimum atomic E-state index is -3.59. The van der Waals surface area contributed by atoms with Crippen LogP contribution < -0.4 is 5.32 Å². The van der Waals surface area contributed by atoms with E-state index < -0.39 is 10.0 Å². The van der Waals surface area contributed by atoms with Gasteiger partial charge in [0.05, 0.1) is 15.9 Å². The van der Waals surface area contributed by atoms with E-state index in [1.807, 2.05) is 35.8 Å². The third-order valence-electron chi connectivity index (χ3n) is 5.48. The molecule has 1 N–H and O–H groups in total. The lowest BCUT2D eigenvalue weighted by atomic mass is 9.97. The molecule has 7 nitrogen and oxygen atoms in total. The number of nitrogens with zero attached hydrogens (tertiary/aromatic N) is 3. The van der Waals surface area contributed by atoms with Crippen LogP contribution in [0.5, 0.6) is 0 Å². The summed E-state index contributed by atoms with van der Waals surface area (Å²) in [5.41, 5.74) is 1.80. The Labute approximate surface area is 180 Å². The summed E-state index contributed by atoms with van der Waals surface area (Å²) < 4.78 is 29.0. The van der Waals surface area contributed by atoms with E-state index in [1.165, 1.54) is 16.4 Å². The van der Waals surface area contributed by atoms with Gasteiger partial charge in [0, 0.05) is 30.6 Å². The predicted molar refractivity (Wildman–Crippen MR) is 117 cm³/mol. The molecule has 0 unspecified atom stereocenters. The molecule has 1 aliphatic heterocycles. The number of halogens is 1. The van der Waals surface area contributed by atoms with E-state index >= 15 is 0 Å². The zero-order valence-corrected chi connectivity index (χ0v) is 18.2. The maximum absolute atomic E-state index is 12.8. The highest BCUT2D eigenvalue weighted by molar-refractivity contribution is 7.89. The predicted octanol–water partition coefficient (Wildman–Crippen LogP) is 3.75. The third kappa shape index (κ3) is 3.95. The molecule has 1 saturated heterocycles. The van der Waals surface area contributed by atoms with Crippen LogP contribution in [0.1, 0.15) is 19.8 Å². The summed E-state index contributed by atoms with van der Waals surface area (Å²) in [6.45, 7) is 3.29. The van der Waals surface area contributed by atoms with Gasteiger partial charge in [-0.15, -0.1) is 0 Å². The van der Waals surface area contributed by atoms with Crippen LogP contribution in [0.2, 0.25) is 5.02 Å². The molecule has 1 aromatic heterocycles. The molecule has 0 aliphatic carbocycles. The molecule has 4 rings (SSSR count). The van der Waals surface area contributed by atoms with E-state index in [1.54, 1.807) is 12.1 Å². The van der Waals surface area contributed by atoms with E-state index in [0.29, 0.717) is 43.4 Å². The first-order valence-electron chi connectivity index (χ1n) is 9.92. The molecule has 0 bridgehead atoms. The molecule has 1 fully saturated rings. The molecule has 0 radical (unpaired) electrons. The molecule has 158 valence electrons. The van der Waals surface area contributed by atoms with Gasteiger partial charge in [-0.05, 0) is 56.2 Å². The van der Waals surface area contributed by atoms with Crippen molar-refractivity contribution >= 4 is 44.5 Å². The van der Waals surface area contributed by atoms with Gasteiger partial charge in [0.15, 0.2) is 0 Å². The van der Waals surface area contributed by atoms with Gasteiger partial charge < -0.3 is 4.57 Å². The molecule has 2 aromatic carbocycles. The highest BCUT2D eigenvalue weighted by atomic mass is 35.5. The summed E-state index contributed by atoms with van der Waals surface area (Å²) in [7, 11) is -3.59. The van der Waals surface area contributed by atoms with Crippen molar-refractivity contribution in [3.05, 3.63) is 53.6 Å². The highest BCUT2D eigenvalue weighted by Gasteiger charge is 2.32. The van der Waals surface area contributed by atoms with Crippen LogP contribution in [0, 0.1) is 5.92 Å². The number of para-hydroxylation sites is 2. The summed E-state index contributed by atoms with van der Waals surface area (Å²) in [5.74, 6) is 0.148. The van der Waals surface area contributed by atoms with Gasteiger partial charge in [-0.1, -0.05) is 23.7 Å². The van der Waals surface area contributed by atoms with Crippen molar-refractivity contribution in [2.24, 2.45) is 5.92 Å². The Hall–Kier alpha value is -2.42. The van der Waals surface area contributed by atoms with Crippen molar-refractivity contribution in [2.75, 3.05) is 18.4 Å². The van der Waals surface area contributed by atoms with Crippen LogP contribution in [0.3, 0.4) is 0 Å². The van der Waals surface area contributed by atoms with Crippen LogP contribution >= 0.6 is 11.6 Å². The second-order valence-electron chi connectivity index (χ2n) is 7.29. The van der Waals surface area contributed by atoms with Crippen molar-refractivity contribution < 1.29 is 13.2 Å². The molecular weight excluding hydrogens is 424 g/mol. The van der Waals surface area contributed by atoms with E-state index in [4.69, 9.17) is 11.6 Å². The monoisotopic (exact) mass is 446 g/mol. The fourth-order valence-corrected chi connectivity index (χ4v) is 5.41. The van der Waals surface area contributed by atoms with Gasteiger partial charge in [0.1, 0.15) is 0 Å². The number of carbonyl (C=O) groups excluding carboxylic acids is 1. The van der Waals surface area contributed by atoms with Crippen molar-refractivity contribution in [2.45, 2.75) is 31.2 Å². The van der Waals surface area contributed by atoms with E-state index in [0.717, 1.165) is 11.0 Å². The van der Waals surface area contributed by atoms with Crippen molar-refractivity contribution in [3.8, 4) is 0 Å². The average molecular weight is 447 g/mol. The molecule has 0 atom stereocenters. The Morgan fingerprint density at radius 3 is 2.47 bits per heavy atom. The number of rotatable bonds is 5. The second-order valence-corrected chi connectivity index (χ2v) is 9.66. The van der Waals surface area contributed by atoms with Gasteiger partial charge >= 0.3 is 0 Å². The number of nitrogens with one attached hydrogen (secondary N) is 1. The molecular formula is C21H23ClN4O3S. The summed E-state index contributed by atoms with van der Waals surface area (Å²) >= 11 is 5.86. The van der Waals surface area contributed by atoms with E-state index in [-0.39, 0.29) is 16.7 Å². The fraction of sp³-hybridized carbons (Fsp3) is 0.333. The van der Waals surface area contributed by atoms with Crippen molar-refractivity contribution in [1.82, 2.24) is 13.9 Å². The quantitative estimate of drug-likeness (QED) is 0.646. The summed E-state index contributed by atoms with van der Waals surface area (Å²) in [6, 6.07) is 13.9. The Bertz CT molecular complexity index is 1170. The number of fused-ring (bicyclic) bond motifs is 1. The van der Waals surface area contributed by atoms with Gasteiger partial charge in [0.25, 0.3) is 0 Å². The van der Waals surface area contributed by atoms with Crippen LogP contribution in [0.15, 0.2) is 53.4 Å². The summed E-state index contributed by atoms with van der Waals surface area (Å²) in [5, 5.41) is 3.43. The van der Waals surface area contributed by atoms with Gasteiger partial charge in [0.2, 0.25) is 21.9 Å². The maximum Gasteiger partial charge on any atom is 0.243 e. The maximum atomic E-state index is 12.8. The lowest BCUT2D eigenvalue weighted by Crippen LogP contribution is -2.41. The van der Waals surface area contributed by atoms with Crippen LogP contribution in [-0.4, -0.2) is 41.3 Å². The number of sulfonamides is 1. The zero-order valence-electron chi connectivity index (χ0n) is 16.6. The number of aromatic nitrogens is 2. The van der Waals surface area contributed by atoms with Gasteiger partial charge in [-0.25, -0.2) is 13.4 Å². The molecule has 1 aliphatic rings. The number of hydrogen-bond acceptors (Lipinski definition) is 4. The van der Waals surface area contributed by atoms with E-state index in [2.05, 4.69) is 10.3 Å². The first-order valence-corrected chi connectivity index (χ1v) is 11.7. The van der Waals surface area contributed by atoms with Crippen molar-refractivity contribution in [1.29, 1.82) is 0 Å². The molecule has 1 amide bonds. The standard InChI is InChI=1S/C21H23ClN4O3S/c1-2-26-19-6-4-3-5-18(19)23-21(26)24-20(27)15-11-13-25(14-12-15)30(28,29)17-9-7-16(22)8-10-17/h3-10,15H,2,11-14H2,1H3,(H,23,24,27). The summed E-state index contributed by atoms with van der Waals surface area (Å²) in [6.07, 6.45) is 0.927. The topological polar surface area (TPSA) is 84.3 Å². The lowest BCUT2D eigenvalue weighted by Gasteiger charge is -2.30. The second kappa shape index (κ2) is 8.37. The Balaban J connectivity index is 1.43. The largest absolute Gasteiger partial charge is 0.310 e. The number of anilines is 1. The molecule has 9 heteroatoms. The molecule has 2 heterocycles. The summed E-state index contributed by atoms with van der Waals surface area (Å²) in [4.78, 5) is 17.6. The Morgan fingerprint density at radius 2 is 1.80 bits per heavy atom. The zero-order chi connectivity index (χ0) is 21.3. The minimum absolute atomic E-state index is 0.122. The first kappa shape index (κ1) is 20.8. The normalized spacial score (nSPS) is 16.1. The number of amides is 1. The van der Waals surface area contributed by atoms with Gasteiger partial charge in [-0.3, -0.25) is 10.1 Å². The number of hydrogen-bond donors (Lipinski definition) is 1. The fourth-order valence-electron chi connectivity index (χ4n) is 3.82. The van der Waals surface area contributed by atoms with Crippen LogP contribution in [-0.2, 0) is 21.4 Å². The molecule has 0 saturated carbocycles. The smallest absolute Gasteiger partial charge is 0.243 e. The number of benzene rings is 2. The molecule has 3 aromatic rings. The third-order valence-corrected chi connectivity index (χ3v) is 7.65. The Morgan fingerprint density at radius 1 is 1.13 bits per heavy atom. The van der Waals surface area contributed by atoms with E-state index in [9.17, 15) is 13.2 Å². The minimum Gasteiger partial charge on any atom is -0.310 e. The first-order chi connectivity index (χ1) is 14.4. The highest BCUT2D eigenvalue weighted by Crippen LogP contribution is 2.26. The molecule has 0 spiro atoms. The van der Waals surface area contributed by atoms with Crippen molar-refractivity contribution in [3.63, 3.8) is 0 Å². The van der Waals surface area contributed by atoms with Crippen LogP contribution in [0.25, 0.3) is 11.0 Å². The lowest BCUT2D eigenvalue weighted by molar-refractivity contribution is -0.121.